The van der Waals surface area contributed by atoms with Crippen LogP contribution in [-0.4, -0.2) is 43.2 Å². The molecule has 0 aromatic heterocycles. The maximum absolute atomic E-state index is 13.0. The van der Waals surface area contributed by atoms with E-state index in [-0.39, 0.29) is 6.54 Å². The molecule has 0 unspecified atom stereocenters. The average molecular weight is 340 g/mol. The quantitative estimate of drug-likeness (QED) is 0.857. The summed E-state index contributed by atoms with van der Waals surface area (Å²) in [5.41, 5.74) is 1.84. The number of benzene rings is 2. The molecule has 3 rings (SSSR count). The third-order valence-corrected chi connectivity index (χ3v) is 3.94. The summed E-state index contributed by atoms with van der Waals surface area (Å²) in [5.74, 6) is -2.02. The fraction of sp³-hybridized carbons (Fsp3) is 0.167. The van der Waals surface area contributed by atoms with Gasteiger partial charge in [-0.05, 0) is 24.3 Å². The number of carbonyl (C=O) groups is 3. The van der Waals surface area contributed by atoms with Gasteiger partial charge in [0.2, 0.25) is 0 Å². The van der Waals surface area contributed by atoms with E-state index in [0.717, 1.165) is 0 Å². The Hall–Kier alpha value is -3.35. The highest BCUT2D eigenvalue weighted by Gasteiger charge is 2.32. The Morgan fingerprint density at radius 1 is 0.920 bits per heavy atom. The molecule has 1 aliphatic rings. The Morgan fingerprint density at radius 3 is 2.08 bits per heavy atom. The van der Waals surface area contributed by atoms with E-state index in [9.17, 15) is 19.5 Å². The van der Waals surface area contributed by atoms with Crippen LogP contribution in [0.1, 0.15) is 10.4 Å². The number of hydrogen-bond acceptors (Lipinski definition) is 5. The Kier molecular flexibility index (Phi) is 4.38. The maximum atomic E-state index is 13.0. The summed E-state index contributed by atoms with van der Waals surface area (Å²) >= 11 is 0. The minimum Gasteiger partial charge on any atom is -0.480 e. The third-order valence-electron chi connectivity index (χ3n) is 3.94. The predicted molar refractivity (Wildman–Crippen MR) is 91.2 cm³/mol. The second kappa shape index (κ2) is 6.64. The Labute approximate surface area is 144 Å². The first-order valence-corrected chi connectivity index (χ1v) is 7.59. The van der Waals surface area contributed by atoms with E-state index in [1.807, 2.05) is 0 Å². The van der Waals surface area contributed by atoms with Crippen molar-refractivity contribution in [2.75, 3.05) is 30.0 Å². The summed E-state index contributed by atoms with van der Waals surface area (Å²) in [6, 6.07) is 13.7. The van der Waals surface area contributed by atoms with E-state index in [0.29, 0.717) is 22.6 Å². The molecule has 0 spiro atoms. The van der Waals surface area contributed by atoms with Crippen molar-refractivity contribution < 1.29 is 24.2 Å². The standard InChI is InChI=1S/C18H16N2O5/c1-25-17(23)11-19-13-7-3-2-6-12(13)18(24)20(10-16(21)22)15-9-5-4-8-14(15)19/h2-9H,10-11H2,1H3,(H,21,22). The summed E-state index contributed by atoms with van der Waals surface area (Å²) in [6.07, 6.45) is 0. The molecule has 2 aromatic rings. The molecule has 7 nitrogen and oxygen atoms in total. The third kappa shape index (κ3) is 3.03. The van der Waals surface area contributed by atoms with Gasteiger partial charge in [0.15, 0.2) is 0 Å². The van der Waals surface area contributed by atoms with E-state index in [4.69, 9.17) is 4.74 Å². The van der Waals surface area contributed by atoms with Gasteiger partial charge in [-0.1, -0.05) is 24.3 Å². The van der Waals surface area contributed by atoms with Crippen LogP contribution < -0.4 is 9.80 Å². The van der Waals surface area contributed by atoms with E-state index < -0.39 is 24.4 Å². The number of fused-ring (bicyclic) bond motifs is 2. The number of ether oxygens (including phenoxy) is 1. The molecule has 0 radical (unpaired) electrons. The number of carbonyl (C=O) groups excluding carboxylic acids is 2. The van der Waals surface area contributed by atoms with Crippen LogP contribution in [-0.2, 0) is 14.3 Å². The van der Waals surface area contributed by atoms with Crippen molar-refractivity contribution in [1.29, 1.82) is 0 Å². The molecule has 0 saturated carbocycles. The fourth-order valence-corrected chi connectivity index (χ4v) is 2.85. The van der Waals surface area contributed by atoms with Crippen molar-refractivity contribution in [3.05, 3.63) is 54.1 Å². The number of carboxylic acids is 1. The topological polar surface area (TPSA) is 87.2 Å². The molecule has 0 aliphatic carbocycles. The zero-order valence-corrected chi connectivity index (χ0v) is 13.5. The van der Waals surface area contributed by atoms with Gasteiger partial charge in [0.1, 0.15) is 13.1 Å². The summed E-state index contributed by atoms with van der Waals surface area (Å²) in [6.45, 7) is -0.574. The lowest BCUT2D eigenvalue weighted by molar-refractivity contribution is -0.139. The van der Waals surface area contributed by atoms with Gasteiger partial charge in [0.05, 0.1) is 29.7 Å². The second-order valence-corrected chi connectivity index (χ2v) is 5.45. The Bertz CT molecular complexity index is 849. The molecule has 0 fully saturated rings. The number of hydrogen-bond donors (Lipinski definition) is 1. The van der Waals surface area contributed by atoms with Crippen LogP contribution in [0.15, 0.2) is 48.5 Å². The first-order chi connectivity index (χ1) is 12.0. The van der Waals surface area contributed by atoms with Crippen molar-refractivity contribution in [3.63, 3.8) is 0 Å². The zero-order valence-electron chi connectivity index (χ0n) is 13.5. The normalized spacial score (nSPS) is 12.9. The van der Waals surface area contributed by atoms with Crippen molar-refractivity contribution in [1.82, 2.24) is 0 Å². The number of esters is 1. The number of methoxy groups -OCH3 is 1. The van der Waals surface area contributed by atoms with Crippen LogP contribution in [0.3, 0.4) is 0 Å². The van der Waals surface area contributed by atoms with Crippen LogP contribution >= 0.6 is 0 Å². The molecule has 0 atom stereocenters. The van der Waals surface area contributed by atoms with Crippen LogP contribution in [0.2, 0.25) is 0 Å². The highest BCUT2D eigenvalue weighted by molar-refractivity contribution is 6.15. The number of carboxylic acid groups (broad SMARTS) is 1. The molecule has 1 heterocycles. The van der Waals surface area contributed by atoms with Crippen molar-refractivity contribution in [3.8, 4) is 0 Å². The first-order valence-electron chi connectivity index (χ1n) is 7.59. The van der Waals surface area contributed by atoms with E-state index in [2.05, 4.69) is 0 Å². The monoisotopic (exact) mass is 340 g/mol. The van der Waals surface area contributed by atoms with Gasteiger partial charge >= 0.3 is 11.9 Å². The lowest BCUT2D eigenvalue weighted by Gasteiger charge is -2.25. The number of rotatable bonds is 4. The number of amides is 1. The molecular weight excluding hydrogens is 324 g/mol. The molecule has 1 aliphatic heterocycles. The molecule has 0 saturated heterocycles. The summed E-state index contributed by atoms with van der Waals surface area (Å²) in [7, 11) is 1.29. The van der Waals surface area contributed by atoms with E-state index in [1.54, 1.807) is 53.4 Å². The number of anilines is 3. The smallest absolute Gasteiger partial charge is 0.325 e. The SMILES string of the molecule is COC(=O)CN1c2ccccc2C(=O)N(CC(=O)O)c2ccccc21. The molecule has 1 amide bonds. The molecule has 25 heavy (non-hydrogen) atoms. The van der Waals surface area contributed by atoms with E-state index in [1.165, 1.54) is 12.0 Å². The minimum atomic E-state index is -1.12. The average Bonchev–Trinajstić information content (AvgIpc) is 2.71. The summed E-state index contributed by atoms with van der Waals surface area (Å²) in [4.78, 5) is 39.0. The highest BCUT2D eigenvalue weighted by Crippen LogP contribution is 2.40. The van der Waals surface area contributed by atoms with Crippen molar-refractivity contribution in [2.24, 2.45) is 0 Å². The van der Waals surface area contributed by atoms with Gasteiger partial charge in [-0.2, -0.15) is 0 Å². The van der Waals surface area contributed by atoms with Crippen LogP contribution in [0.4, 0.5) is 17.1 Å². The minimum absolute atomic E-state index is 0.0985. The largest absolute Gasteiger partial charge is 0.480 e. The van der Waals surface area contributed by atoms with Crippen LogP contribution in [0.5, 0.6) is 0 Å². The molecule has 1 N–H and O–H groups in total. The molecule has 2 aromatic carbocycles. The highest BCUT2D eigenvalue weighted by atomic mass is 16.5. The predicted octanol–water partition coefficient (Wildman–Crippen LogP) is 2.04. The zero-order chi connectivity index (χ0) is 18.0. The molecular formula is C18H16N2O5. The fourth-order valence-electron chi connectivity index (χ4n) is 2.85. The van der Waals surface area contributed by atoms with Crippen molar-refractivity contribution in [2.45, 2.75) is 0 Å². The maximum Gasteiger partial charge on any atom is 0.325 e. The van der Waals surface area contributed by atoms with Crippen molar-refractivity contribution >= 4 is 34.9 Å². The van der Waals surface area contributed by atoms with Gasteiger partial charge in [0, 0.05) is 0 Å². The van der Waals surface area contributed by atoms with Gasteiger partial charge < -0.3 is 14.7 Å². The van der Waals surface area contributed by atoms with Gasteiger partial charge in [0.25, 0.3) is 5.91 Å². The van der Waals surface area contributed by atoms with Gasteiger partial charge in [-0.15, -0.1) is 0 Å². The first kappa shape index (κ1) is 16.5. The van der Waals surface area contributed by atoms with Crippen LogP contribution in [0.25, 0.3) is 0 Å². The van der Waals surface area contributed by atoms with E-state index >= 15 is 0 Å². The Balaban J connectivity index is 2.23. The molecule has 128 valence electrons. The Morgan fingerprint density at radius 2 is 1.48 bits per heavy atom. The lowest BCUT2D eigenvalue weighted by Crippen LogP contribution is -2.35. The lowest BCUT2D eigenvalue weighted by atomic mass is 10.1. The molecule has 7 heteroatoms. The second-order valence-electron chi connectivity index (χ2n) is 5.45. The molecule has 0 bridgehead atoms. The summed E-state index contributed by atoms with van der Waals surface area (Å²) < 4.78 is 4.77. The summed E-state index contributed by atoms with van der Waals surface area (Å²) in [5, 5.41) is 9.22. The van der Waals surface area contributed by atoms with Gasteiger partial charge in [-0.25, -0.2) is 0 Å². The van der Waals surface area contributed by atoms with Gasteiger partial charge in [-0.3, -0.25) is 19.3 Å². The van der Waals surface area contributed by atoms with Crippen LogP contribution in [0, 0.1) is 0 Å². The number of para-hydroxylation sites is 3. The number of aliphatic carboxylic acids is 1. The number of nitrogens with zero attached hydrogens (tertiary/aromatic N) is 2.